The normalized spacial score (nSPS) is 20.5. The number of piperidine rings is 1. The van der Waals surface area contributed by atoms with Crippen LogP contribution in [-0.4, -0.2) is 46.7 Å². The number of aromatic amines is 1. The molecule has 0 spiro atoms. The number of esters is 1. The molecule has 0 radical (unpaired) electrons. The van der Waals surface area contributed by atoms with Gasteiger partial charge < -0.3 is 9.64 Å². The van der Waals surface area contributed by atoms with Crippen LogP contribution in [0.5, 0.6) is 0 Å². The molecule has 1 fully saturated rings. The number of carbonyl (C=O) groups excluding carboxylic acids is 2. The van der Waals surface area contributed by atoms with Crippen LogP contribution in [-0.2, 0) is 9.53 Å². The van der Waals surface area contributed by atoms with Crippen molar-refractivity contribution in [2.45, 2.75) is 20.3 Å². The van der Waals surface area contributed by atoms with E-state index in [1.807, 2.05) is 0 Å². The van der Waals surface area contributed by atoms with Crippen LogP contribution in [0.3, 0.4) is 0 Å². The molecular weight excluding hydrogens is 322 g/mol. The van der Waals surface area contributed by atoms with Gasteiger partial charge in [-0.3, -0.25) is 9.59 Å². The van der Waals surface area contributed by atoms with Gasteiger partial charge in [0, 0.05) is 18.5 Å². The number of carbonyl (C=O) groups is 2. The molecule has 1 aliphatic rings. The fraction of sp³-hybridized carbons (Fsp3) is 0.444. The summed E-state index contributed by atoms with van der Waals surface area (Å²) >= 11 is 0. The molecule has 2 atom stereocenters. The Bertz CT molecular complexity index is 851. The van der Waals surface area contributed by atoms with Crippen molar-refractivity contribution < 1.29 is 14.3 Å². The third-order valence-corrected chi connectivity index (χ3v) is 4.44. The van der Waals surface area contributed by atoms with Gasteiger partial charge in [0.1, 0.15) is 0 Å². The number of ether oxygens (including phenoxy) is 1. The molecule has 7 heteroatoms. The minimum absolute atomic E-state index is 0.00313. The van der Waals surface area contributed by atoms with Crippen molar-refractivity contribution in [3.8, 4) is 0 Å². The number of nitrogens with one attached hydrogen (secondary N) is 1. The van der Waals surface area contributed by atoms with E-state index in [2.05, 4.69) is 24.0 Å². The lowest BCUT2D eigenvalue weighted by Crippen LogP contribution is -2.44. The molecule has 1 aromatic carbocycles. The van der Waals surface area contributed by atoms with Crippen LogP contribution in [0.15, 0.2) is 29.1 Å². The molecule has 2 heterocycles. The number of hydrogen-bond donors (Lipinski definition) is 1. The molecule has 132 valence electrons. The summed E-state index contributed by atoms with van der Waals surface area (Å²) in [5.41, 5.74) is -0.372. The zero-order valence-corrected chi connectivity index (χ0v) is 14.3. The van der Waals surface area contributed by atoms with Crippen molar-refractivity contribution in [2.24, 2.45) is 11.8 Å². The van der Waals surface area contributed by atoms with Gasteiger partial charge in [-0.15, -0.1) is 0 Å². The molecule has 1 aliphatic heterocycles. The van der Waals surface area contributed by atoms with Crippen molar-refractivity contribution in [1.29, 1.82) is 0 Å². The molecule has 0 aliphatic carbocycles. The average molecular weight is 343 g/mol. The van der Waals surface area contributed by atoms with Crippen LogP contribution >= 0.6 is 0 Å². The van der Waals surface area contributed by atoms with Gasteiger partial charge in [0.2, 0.25) is 0 Å². The molecule has 1 saturated heterocycles. The third kappa shape index (κ3) is 3.70. The van der Waals surface area contributed by atoms with E-state index in [0.717, 1.165) is 6.42 Å². The van der Waals surface area contributed by atoms with Gasteiger partial charge in [-0.2, -0.15) is 5.10 Å². The van der Waals surface area contributed by atoms with Gasteiger partial charge in [-0.05, 0) is 24.3 Å². The van der Waals surface area contributed by atoms with Crippen LogP contribution in [0.4, 0.5) is 0 Å². The third-order valence-electron chi connectivity index (χ3n) is 4.44. The van der Waals surface area contributed by atoms with Crippen molar-refractivity contribution in [2.75, 3.05) is 19.7 Å². The summed E-state index contributed by atoms with van der Waals surface area (Å²) in [4.78, 5) is 38.1. The summed E-state index contributed by atoms with van der Waals surface area (Å²) in [6, 6.07) is 6.65. The molecule has 25 heavy (non-hydrogen) atoms. The second-order valence-corrected chi connectivity index (χ2v) is 6.77. The van der Waals surface area contributed by atoms with Crippen LogP contribution in [0.25, 0.3) is 10.8 Å². The van der Waals surface area contributed by atoms with E-state index in [9.17, 15) is 14.4 Å². The Morgan fingerprint density at radius 1 is 1.20 bits per heavy atom. The van der Waals surface area contributed by atoms with E-state index in [-0.39, 0.29) is 23.8 Å². The zero-order chi connectivity index (χ0) is 18.0. The summed E-state index contributed by atoms with van der Waals surface area (Å²) in [5.74, 6) is -0.0548. The minimum Gasteiger partial charge on any atom is -0.451 e. The number of rotatable bonds is 3. The lowest BCUT2D eigenvalue weighted by Gasteiger charge is -2.34. The van der Waals surface area contributed by atoms with E-state index in [4.69, 9.17) is 4.74 Å². The Kier molecular flexibility index (Phi) is 4.83. The van der Waals surface area contributed by atoms with Crippen LogP contribution < -0.4 is 5.56 Å². The van der Waals surface area contributed by atoms with E-state index >= 15 is 0 Å². The largest absolute Gasteiger partial charge is 0.451 e. The number of benzene rings is 1. The molecule has 0 saturated carbocycles. The Labute approximate surface area is 145 Å². The number of hydrogen-bond acceptors (Lipinski definition) is 5. The molecule has 0 bridgehead atoms. The number of nitrogens with zero attached hydrogens (tertiary/aromatic N) is 2. The number of likely N-dealkylation sites (tertiary alicyclic amines) is 1. The van der Waals surface area contributed by atoms with Gasteiger partial charge in [0.25, 0.3) is 11.5 Å². The Balaban J connectivity index is 1.70. The molecule has 1 amide bonds. The first-order chi connectivity index (χ1) is 12.0. The maximum atomic E-state index is 12.3. The highest BCUT2D eigenvalue weighted by Gasteiger charge is 2.26. The molecule has 3 rings (SSSR count). The maximum absolute atomic E-state index is 12.3. The summed E-state index contributed by atoms with van der Waals surface area (Å²) in [7, 11) is 0. The second kappa shape index (κ2) is 7.04. The van der Waals surface area contributed by atoms with E-state index < -0.39 is 5.97 Å². The second-order valence-electron chi connectivity index (χ2n) is 6.77. The predicted molar refractivity (Wildman–Crippen MR) is 92.2 cm³/mol. The van der Waals surface area contributed by atoms with E-state index in [1.54, 1.807) is 29.2 Å². The average Bonchev–Trinajstić information content (AvgIpc) is 2.59. The predicted octanol–water partition coefficient (Wildman–Crippen LogP) is 1.58. The number of amides is 1. The van der Waals surface area contributed by atoms with Gasteiger partial charge >= 0.3 is 5.97 Å². The highest BCUT2D eigenvalue weighted by molar-refractivity contribution is 6.02. The quantitative estimate of drug-likeness (QED) is 0.854. The summed E-state index contributed by atoms with van der Waals surface area (Å²) in [5, 5.41) is 6.83. The van der Waals surface area contributed by atoms with Gasteiger partial charge in [-0.25, -0.2) is 9.89 Å². The molecule has 1 aromatic heterocycles. The SMILES string of the molecule is C[C@@H]1C[C@@H](C)CN(C(=O)COC(=O)c2n[nH]c(=O)c3ccccc23)C1. The first-order valence-corrected chi connectivity index (χ1v) is 8.38. The van der Waals surface area contributed by atoms with Gasteiger partial charge in [0.15, 0.2) is 12.3 Å². The smallest absolute Gasteiger partial charge is 0.359 e. The van der Waals surface area contributed by atoms with Crippen molar-refractivity contribution >= 4 is 22.6 Å². The first kappa shape index (κ1) is 17.1. The van der Waals surface area contributed by atoms with Crippen molar-refractivity contribution in [3.05, 3.63) is 40.3 Å². The van der Waals surface area contributed by atoms with Crippen LogP contribution in [0.2, 0.25) is 0 Å². The zero-order valence-electron chi connectivity index (χ0n) is 14.3. The van der Waals surface area contributed by atoms with Crippen LogP contribution in [0, 0.1) is 11.8 Å². The van der Waals surface area contributed by atoms with Gasteiger partial charge in [-0.1, -0.05) is 32.0 Å². The number of fused-ring (bicyclic) bond motifs is 1. The highest BCUT2D eigenvalue weighted by atomic mass is 16.5. The minimum atomic E-state index is -0.723. The molecule has 7 nitrogen and oxygen atoms in total. The highest BCUT2D eigenvalue weighted by Crippen LogP contribution is 2.21. The summed E-state index contributed by atoms with van der Waals surface area (Å²) in [6.07, 6.45) is 1.09. The maximum Gasteiger partial charge on any atom is 0.359 e. The van der Waals surface area contributed by atoms with E-state index in [1.165, 1.54) is 0 Å². The monoisotopic (exact) mass is 343 g/mol. The van der Waals surface area contributed by atoms with Crippen molar-refractivity contribution in [3.63, 3.8) is 0 Å². The lowest BCUT2D eigenvalue weighted by atomic mass is 9.92. The topological polar surface area (TPSA) is 92.4 Å². The standard InChI is InChI=1S/C18H21N3O4/c1-11-7-12(2)9-21(8-11)15(22)10-25-18(24)16-13-5-3-4-6-14(13)17(23)20-19-16/h3-6,11-12H,7-10H2,1-2H3,(H,20,23)/t11-,12-/m1/s1. The van der Waals surface area contributed by atoms with Crippen molar-refractivity contribution in [1.82, 2.24) is 15.1 Å². The molecule has 2 aromatic rings. The molecule has 1 N–H and O–H groups in total. The summed E-state index contributed by atoms with van der Waals surface area (Å²) in [6.45, 7) is 5.26. The fourth-order valence-electron chi connectivity index (χ4n) is 3.42. The fourth-order valence-corrected chi connectivity index (χ4v) is 3.42. The number of aromatic nitrogens is 2. The first-order valence-electron chi connectivity index (χ1n) is 8.38. The molecular formula is C18H21N3O4. The molecule has 0 unspecified atom stereocenters. The van der Waals surface area contributed by atoms with Crippen LogP contribution in [0.1, 0.15) is 30.8 Å². The number of H-pyrrole nitrogens is 1. The summed E-state index contributed by atoms with van der Waals surface area (Å²) < 4.78 is 5.15. The lowest BCUT2D eigenvalue weighted by molar-refractivity contribution is -0.137. The van der Waals surface area contributed by atoms with Gasteiger partial charge in [0.05, 0.1) is 5.39 Å². The Morgan fingerprint density at radius 3 is 2.52 bits per heavy atom. The Morgan fingerprint density at radius 2 is 1.84 bits per heavy atom. The van der Waals surface area contributed by atoms with E-state index in [0.29, 0.717) is 35.7 Å². The Hall–Kier alpha value is -2.70.